The molecule has 0 N–H and O–H groups in total. The Bertz CT molecular complexity index is 730. The highest BCUT2D eigenvalue weighted by molar-refractivity contribution is 6.31. The molecule has 2 rings (SSSR count). The van der Waals surface area contributed by atoms with Crippen LogP contribution < -0.4 is 4.74 Å². The molecule has 0 saturated carbocycles. The van der Waals surface area contributed by atoms with Crippen molar-refractivity contribution in [3.05, 3.63) is 52.6 Å². The lowest BCUT2D eigenvalue weighted by Crippen LogP contribution is -2.06. The maximum absolute atomic E-state index is 11.9. The smallest absolute Gasteiger partial charge is 0.341 e. The monoisotopic (exact) mass is 354 g/mol. The van der Waals surface area contributed by atoms with Crippen molar-refractivity contribution < 1.29 is 19.0 Å². The minimum absolute atomic E-state index is 0.0504. The van der Waals surface area contributed by atoms with Gasteiger partial charge in [-0.2, -0.15) is 4.98 Å². The van der Waals surface area contributed by atoms with Crippen LogP contribution in [-0.4, -0.2) is 30.2 Å². The number of nitrogens with zero attached hydrogens (tertiary/aromatic N) is 2. The highest BCUT2D eigenvalue weighted by Crippen LogP contribution is 2.31. The number of carbonyl (C=O) groups is 1. The standard InChI is InChI=1S/C15H12Cl2N2O4/c1-21-8-10(14(20)22-2)9-5-3-4-6-11(9)23-13-7-12(16)18-15(17)19-13/h3-8H,1-2H3. The van der Waals surface area contributed by atoms with Crippen LogP contribution in [0.15, 0.2) is 36.6 Å². The first-order chi connectivity index (χ1) is 11.0. The predicted octanol–water partition coefficient (Wildman–Crippen LogP) is 3.74. The van der Waals surface area contributed by atoms with Gasteiger partial charge in [0.2, 0.25) is 11.2 Å². The lowest BCUT2D eigenvalue weighted by atomic mass is 10.1. The SMILES string of the molecule is COC=C(C(=O)OC)c1ccccc1Oc1cc(Cl)nc(Cl)n1. The van der Waals surface area contributed by atoms with Crippen LogP contribution in [-0.2, 0) is 14.3 Å². The van der Waals surface area contributed by atoms with Gasteiger partial charge < -0.3 is 14.2 Å². The number of benzene rings is 1. The topological polar surface area (TPSA) is 70.5 Å². The van der Waals surface area contributed by atoms with Gasteiger partial charge in [0.25, 0.3) is 0 Å². The van der Waals surface area contributed by atoms with Gasteiger partial charge in [-0.25, -0.2) is 9.78 Å². The number of hydrogen-bond donors (Lipinski definition) is 0. The lowest BCUT2D eigenvalue weighted by Gasteiger charge is -2.12. The quantitative estimate of drug-likeness (QED) is 0.268. The van der Waals surface area contributed by atoms with Crippen molar-refractivity contribution in [2.45, 2.75) is 0 Å². The number of halogens is 2. The predicted molar refractivity (Wildman–Crippen MR) is 85.6 cm³/mol. The highest BCUT2D eigenvalue weighted by Gasteiger charge is 2.18. The molecule has 0 aliphatic heterocycles. The summed E-state index contributed by atoms with van der Waals surface area (Å²) in [6.45, 7) is 0. The zero-order valence-corrected chi connectivity index (χ0v) is 13.8. The molecule has 0 fully saturated rings. The summed E-state index contributed by atoms with van der Waals surface area (Å²) in [6.07, 6.45) is 1.27. The molecule has 2 aromatic rings. The van der Waals surface area contributed by atoms with Crippen molar-refractivity contribution in [3.63, 3.8) is 0 Å². The first-order valence-corrected chi connectivity index (χ1v) is 7.09. The largest absolute Gasteiger partial charge is 0.503 e. The van der Waals surface area contributed by atoms with Crippen molar-refractivity contribution >= 4 is 34.7 Å². The number of para-hydroxylation sites is 1. The minimum Gasteiger partial charge on any atom is -0.503 e. The zero-order chi connectivity index (χ0) is 16.8. The second-order valence-corrected chi connectivity index (χ2v) is 4.88. The second kappa shape index (κ2) is 7.80. The van der Waals surface area contributed by atoms with Crippen molar-refractivity contribution in [3.8, 4) is 11.6 Å². The molecule has 0 saturated heterocycles. The van der Waals surface area contributed by atoms with Crippen molar-refractivity contribution in [1.82, 2.24) is 9.97 Å². The van der Waals surface area contributed by atoms with E-state index in [0.717, 1.165) is 0 Å². The third kappa shape index (κ3) is 4.34. The Balaban J connectivity index is 2.44. The maximum Gasteiger partial charge on any atom is 0.341 e. The Kier molecular flexibility index (Phi) is 5.78. The van der Waals surface area contributed by atoms with Gasteiger partial charge in [-0.3, -0.25) is 0 Å². The first-order valence-electron chi connectivity index (χ1n) is 6.33. The molecule has 0 amide bonds. The van der Waals surface area contributed by atoms with Crippen molar-refractivity contribution in [2.24, 2.45) is 0 Å². The molecule has 1 heterocycles. The molecule has 23 heavy (non-hydrogen) atoms. The highest BCUT2D eigenvalue weighted by atomic mass is 35.5. The van der Waals surface area contributed by atoms with Crippen molar-refractivity contribution in [2.75, 3.05) is 14.2 Å². The lowest BCUT2D eigenvalue weighted by molar-refractivity contribution is -0.133. The number of ether oxygens (including phenoxy) is 3. The fourth-order valence-electron chi connectivity index (χ4n) is 1.76. The molecule has 6 nitrogen and oxygen atoms in total. The summed E-state index contributed by atoms with van der Waals surface area (Å²) in [7, 11) is 2.70. The van der Waals surface area contributed by atoms with E-state index in [1.807, 2.05) is 0 Å². The summed E-state index contributed by atoms with van der Waals surface area (Å²) in [5.41, 5.74) is 0.656. The maximum atomic E-state index is 11.9. The number of rotatable bonds is 5. The molecule has 1 aromatic heterocycles. The van der Waals surface area contributed by atoms with E-state index < -0.39 is 5.97 Å². The van der Waals surface area contributed by atoms with Gasteiger partial charge in [0.05, 0.1) is 20.5 Å². The van der Waals surface area contributed by atoms with Gasteiger partial charge in [0.15, 0.2) is 0 Å². The first kappa shape index (κ1) is 17.1. The van der Waals surface area contributed by atoms with E-state index in [0.29, 0.717) is 11.3 Å². The van der Waals surface area contributed by atoms with E-state index in [-0.39, 0.29) is 21.9 Å². The summed E-state index contributed by atoms with van der Waals surface area (Å²) in [5.74, 6) is -0.0715. The zero-order valence-electron chi connectivity index (χ0n) is 12.2. The van der Waals surface area contributed by atoms with Gasteiger partial charge in [-0.15, -0.1) is 0 Å². The molecule has 0 spiro atoms. The van der Waals surface area contributed by atoms with E-state index in [1.165, 1.54) is 26.5 Å². The number of esters is 1. The van der Waals surface area contributed by atoms with Crippen LogP contribution in [0.4, 0.5) is 0 Å². The molecule has 0 radical (unpaired) electrons. The van der Waals surface area contributed by atoms with E-state index in [2.05, 4.69) is 9.97 Å². The van der Waals surface area contributed by atoms with Crippen LogP contribution >= 0.6 is 23.2 Å². The van der Waals surface area contributed by atoms with Crippen molar-refractivity contribution in [1.29, 1.82) is 0 Å². The fraction of sp³-hybridized carbons (Fsp3) is 0.133. The third-order valence-electron chi connectivity index (χ3n) is 2.68. The van der Waals surface area contributed by atoms with Gasteiger partial charge >= 0.3 is 5.97 Å². The average Bonchev–Trinajstić information content (AvgIpc) is 2.52. The van der Waals surface area contributed by atoms with E-state index in [4.69, 9.17) is 37.4 Å². The number of carbonyl (C=O) groups excluding carboxylic acids is 1. The Morgan fingerprint density at radius 2 is 1.91 bits per heavy atom. The van der Waals surface area contributed by atoms with E-state index in [1.54, 1.807) is 24.3 Å². The number of hydrogen-bond acceptors (Lipinski definition) is 6. The summed E-state index contributed by atoms with van der Waals surface area (Å²) >= 11 is 11.6. The van der Waals surface area contributed by atoms with Crippen LogP contribution in [0.3, 0.4) is 0 Å². The Morgan fingerprint density at radius 3 is 2.57 bits per heavy atom. The van der Waals surface area contributed by atoms with E-state index >= 15 is 0 Å². The summed E-state index contributed by atoms with van der Waals surface area (Å²) in [6, 6.07) is 8.23. The molecule has 1 aromatic carbocycles. The van der Waals surface area contributed by atoms with Gasteiger partial charge in [0, 0.05) is 11.6 Å². The normalized spacial score (nSPS) is 11.0. The van der Waals surface area contributed by atoms with Crippen LogP contribution in [0.5, 0.6) is 11.6 Å². The molecule has 0 aliphatic carbocycles. The summed E-state index contributed by atoms with van der Waals surface area (Å²) in [4.78, 5) is 19.6. The molecule has 0 bridgehead atoms. The molecule has 120 valence electrons. The Hall–Kier alpha value is -2.31. The molecule has 0 unspecified atom stereocenters. The van der Waals surface area contributed by atoms with Crippen LogP contribution in [0.25, 0.3) is 5.57 Å². The number of aromatic nitrogens is 2. The van der Waals surface area contributed by atoms with Gasteiger partial charge in [0.1, 0.15) is 16.5 Å². The third-order valence-corrected chi connectivity index (χ3v) is 3.04. The summed E-state index contributed by atoms with van der Waals surface area (Å²) in [5, 5.41) is 0.0868. The van der Waals surface area contributed by atoms with Crippen LogP contribution in [0.2, 0.25) is 10.4 Å². The number of methoxy groups -OCH3 is 2. The molecular formula is C15H12Cl2N2O4. The Labute approximate surface area is 142 Å². The molecule has 8 heteroatoms. The molecule has 0 atom stereocenters. The van der Waals surface area contributed by atoms with Gasteiger partial charge in [-0.1, -0.05) is 29.8 Å². The molecular weight excluding hydrogens is 343 g/mol. The fourth-order valence-corrected chi connectivity index (χ4v) is 2.15. The average molecular weight is 355 g/mol. The minimum atomic E-state index is -0.568. The van der Waals surface area contributed by atoms with E-state index in [9.17, 15) is 4.79 Å². The summed E-state index contributed by atoms with van der Waals surface area (Å²) < 4.78 is 15.4. The van der Waals surface area contributed by atoms with Gasteiger partial charge in [-0.05, 0) is 17.7 Å². The Morgan fingerprint density at radius 1 is 1.17 bits per heavy atom. The van der Waals surface area contributed by atoms with Crippen LogP contribution in [0.1, 0.15) is 5.56 Å². The second-order valence-electron chi connectivity index (χ2n) is 4.15. The molecule has 0 aliphatic rings. The van der Waals surface area contributed by atoms with Crippen LogP contribution in [0, 0.1) is 0 Å².